The van der Waals surface area contributed by atoms with Crippen LogP contribution in [0, 0.1) is 23.2 Å². The Morgan fingerprint density at radius 3 is 2.53 bits per heavy atom. The molecule has 1 atom stereocenters. The molecule has 0 spiro atoms. The molecule has 0 radical (unpaired) electrons. The maximum absolute atomic E-state index is 13.2. The van der Waals surface area contributed by atoms with E-state index in [1.165, 1.54) is 43.4 Å². The molecule has 43 heavy (non-hydrogen) atoms. The van der Waals surface area contributed by atoms with Gasteiger partial charge in [0, 0.05) is 44.2 Å². The molecule has 9 rings (SSSR count). The van der Waals surface area contributed by atoms with Crippen LogP contribution in [0.3, 0.4) is 0 Å². The van der Waals surface area contributed by atoms with Crippen molar-refractivity contribution in [2.75, 3.05) is 6.61 Å². The van der Waals surface area contributed by atoms with E-state index in [-0.39, 0.29) is 29.6 Å². The van der Waals surface area contributed by atoms with Crippen LogP contribution in [0.15, 0.2) is 47.4 Å². The number of rotatable bonds is 7. The number of nitrogens with zero attached hydrogens (tertiary/aromatic N) is 1. The topological polar surface area (TPSA) is 92.8 Å². The number of esters is 1. The molecule has 5 fully saturated rings. The van der Waals surface area contributed by atoms with Crippen LogP contribution in [-0.2, 0) is 26.6 Å². The second-order valence-corrected chi connectivity index (χ2v) is 15.6. The first-order chi connectivity index (χ1) is 20.8. The summed E-state index contributed by atoms with van der Waals surface area (Å²) < 4.78 is 7.11. The Labute approximate surface area is 258 Å². The van der Waals surface area contributed by atoms with Gasteiger partial charge in [-0.1, -0.05) is 6.07 Å². The van der Waals surface area contributed by atoms with Crippen LogP contribution in [0.25, 0.3) is 10.1 Å². The predicted molar refractivity (Wildman–Crippen MR) is 165 cm³/mol. The van der Waals surface area contributed by atoms with Crippen LogP contribution in [0.2, 0.25) is 0 Å². The number of piperidine rings is 1. The lowest BCUT2D eigenvalue weighted by atomic mass is 9.50. The lowest BCUT2D eigenvalue weighted by Gasteiger charge is -2.56. The monoisotopic (exact) mass is 614 g/mol. The van der Waals surface area contributed by atoms with Gasteiger partial charge in [0.2, 0.25) is 11.8 Å². The molecule has 6 aliphatic rings. The van der Waals surface area contributed by atoms with Crippen molar-refractivity contribution < 1.29 is 23.9 Å². The normalized spacial score (nSPS) is 29.3. The van der Waals surface area contributed by atoms with Crippen molar-refractivity contribution in [2.45, 2.75) is 74.6 Å². The highest BCUT2D eigenvalue weighted by Crippen LogP contribution is 2.60. The van der Waals surface area contributed by atoms with Crippen molar-refractivity contribution in [1.29, 1.82) is 0 Å². The second kappa shape index (κ2) is 10.5. The van der Waals surface area contributed by atoms with Gasteiger partial charge in [-0.3, -0.25) is 19.7 Å². The highest BCUT2D eigenvalue weighted by Gasteiger charge is 2.51. The quantitative estimate of drug-likeness (QED) is 0.190. The fourth-order valence-electron chi connectivity index (χ4n) is 8.91. The van der Waals surface area contributed by atoms with E-state index in [2.05, 4.69) is 11.4 Å². The smallest absolute Gasteiger partial charge is 0.338 e. The fourth-order valence-corrected chi connectivity index (χ4v) is 11.1. The minimum Gasteiger partial charge on any atom is -0.462 e. The molecule has 4 saturated carbocycles. The van der Waals surface area contributed by atoms with Crippen LogP contribution < -0.4 is 5.32 Å². The number of imide groups is 1. The Kier molecular flexibility index (Phi) is 6.67. The summed E-state index contributed by atoms with van der Waals surface area (Å²) in [5.41, 5.74) is 2.39. The SMILES string of the molecule is O=C1CCC(N2Cc3c(SCc4cc5cc(C(=O)OCC67CC8CC(CC(C8)C6)C7)ccc5s4)cccc3C2=O)C(=O)N1. The highest BCUT2D eigenvalue weighted by atomic mass is 32.2. The van der Waals surface area contributed by atoms with E-state index in [1.54, 1.807) is 28.0 Å². The molecule has 222 valence electrons. The second-order valence-electron chi connectivity index (χ2n) is 13.4. The van der Waals surface area contributed by atoms with E-state index in [0.29, 0.717) is 30.7 Å². The Balaban J connectivity index is 0.928. The van der Waals surface area contributed by atoms with Crippen LogP contribution in [0.4, 0.5) is 0 Å². The predicted octanol–water partition coefficient (Wildman–Crippen LogP) is 6.33. The van der Waals surface area contributed by atoms with Crippen molar-refractivity contribution in [1.82, 2.24) is 10.2 Å². The molecular weight excluding hydrogens is 581 g/mol. The zero-order chi connectivity index (χ0) is 29.3. The number of carbonyl (C=O) groups excluding carboxylic acids is 4. The maximum atomic E-state index is 13.2. The fraction of sp³-hybridized carbons (Fsp3) is 0.471. The number of amides is 3. The molecular formula is C34H34N2O5S2. The van der Waals surface area contributed by atoms with Crippen LogP contribution >= 0.6 is 23.1 Å². The summed E-state index contributed by atoms with van der Waals surface area (Å²) in [5.74, 6) is 2.19. The molecule has 2 aliphatic heterocycles. The number of fused-ring (bicyclic) bond motifs is 2. The molecule has 4 aliphatic carbocycles. The number of nitrogens with one attached hydrogen (secondary N) is 1. The van der Waals surface area contributed by atoms with Crippen molar-refractivity contribution >= 4 is 56.9 Å². The van der Waals surface area contributed by atoms with Gasteiger partial charge in [-0.25, -0.2) is 4.79 Å². The number of thiophene rings is 1. The van der Waals surface area contributed by atoms with E-state index in [4.69, 9.17) is 4.74 Å². The van der Waals surface area contributed by atoms with E-state index in [0.717, 1.165) is 44.1 Å². The third kappa shape index (κ3) is 4.98. The number of thioether (sulfide) groups is 1. The molecule has 1 aromatic heterocycles. The van der Waals surface area contributed by atoms with E-state index in [9.17, 15) is 19.2 Å². The first-order valence-electron chi connectivity index (χ1n) is 15.4. The summed E-state index contributed by atoms with van der Waals surface area (Å²) in [4.78, 5) is 54.1. The van der Waals surface area contributed by atoms with Gasteiger partial charge < -0.3 is 9.64 Å². The first-order valence-corrected chi connectivity index (χ1v) is 17.2. The van der Waals surface area contributed by atoms with Crippen LogP contribution in [0.1, 0.15) is 82.5 Å². The van der Waals surface area contributed by atoms with Gasteiger partial charge in [0.15, 0.2) is 0 Å². The summed E-state index contributed by atoms with van der Waals surface area (Å²) in [7, 11) is 0. The number of ether oxygens (including phenoxy) is 1. The van der Waals surface area contributed by atoms with Gasteiger partial charge in [0.25, 0.3) is 5.91 Å². The third-order valence-electron chi connectivity index (χ3n) is 10.4. The number of benzene rings is 2. The molecule has 4 bridgehead atoms. The third-order valence-corrected chi connectivity index (χ3v) is 12.8. The van der Waals surface area contributed by atoms with Crippen molar-refractivity contribution in [2.24, 2.45) is 23.2 Å². The molecule has 9 heteroatoms. The minimum absolute atomic E-state index is 0.156. The summed E-state index contributed by atoms with van der Waals surface area (Å²) in [6, 6.07) is 13.1. The Morgan fingerprint density at radius 1 is 1.02 bits per heavy atom. The number of carbonyl (C=O) groups is 4. The molecule has 1 saturated heterocycles. The van der Waals surface area contributed by atoms with Crippen molar-refractivity contribution in [3.8, 4) is 0 Å². The average Bonchev–Trinajstić information content (AvgIpc) is 3.54. The zero-order valence-electron chi connectivity index (χ0n) is 23.9. The minimum atomic E-state index is -0.619. The molecule has 2 aromatic carbocycles. The van der Waals surface area contributed by atoms with Gasteiger partial charge in [-0.05, 0) is 110 Å². The van der Waals surface area contributed by atoms with Crippen molar-refractivity contribution in [3.63, 3.8) is 0 Å². The molecule has 3 amide bonds. The molecule has 3 heterocycles. The Hall–Kier alpha value is -3.17. The highest BCUT2D eigenvalue weighted by molar-refractivity contribution is 7.98. The van der Waals surface area contributed by atoms with E-state index in [1.807, 2.05) is 36.4 Å². The molecule has 7 nitrogen and oxygen atoms in total. The van der Waals surface area contributed by atoms with Gasteiger partial charge in [-0.15, -0.1) is 23.1 Å². The maximum Gasteiger partial charge on any atom is 0.338 e. The lowest BCUT2D eigenvalue weighted by molar-refractivity contribution is -0.136. The van der Waals surface area contributed by atoms with Gasteiger partial charge >= 0.3 is 5.97 Å². The van der Waals surface area contributed by atoms with Gasteiger partial charge in [0.05, 0.1) is 12.2 Å². The van der Waals surface area contributed by atoms with Crippen molar-refractivity contribution in [3.05, 3.63) is 64.0 Å². The zero-order valence-corrected chi connectivity index (χ0v) is 25.6. The van der Waals surface area contributed by atoms with E-state index >= 15 is 0 Å². The first kappa shape index (κ1) is 27.4. The Morgan fingerprint density at radius 2 is 1.79 bits per heavy atom. The standard InChI is InChI=1S/C34H34N2O5S2/c37-30-7-5-27(31(38)35-30)36-16-26-25(32(36)39)2-1-3-29(26)42-17-24-12-23-11-22(4-6-28(23)43-24)33(40)41-18-34-13-19-8-20(14-34)10-21(9-19)15-34/h1-4,6,11-12,19-21,27H,5,7-10,13-18H2,(H,35,37,38). The summed E-state index contributed by atoms with van der Waals surface area (Å²) in [6.07, 6.45) is 8.43. The largest absolute Gasteiger partial charge is 0.462 e. The lowest BCUT2D eigenvalue weighted by Crippen LogP contribution is -2.52. The average molecular weight is 615 g/mol. The molecule has 3 aromatic rings. The van der Waals surface area contributed by atoms with E-state index < -0.39 is 11.9 Å². The number of hydrogen-bond donors (Lipinski definition) is 1. The summed E-state index contributed by atoms with van der Waals surface area (Å²) in [5, 5.41) is 3.41. The summed E-state index contributed by atoms with van der Waals surface area (Å²) in [6.45, 7) is 0.925. The number of hydrogen-bond acceptors (Lipinski definition) is 7. The molecule has 1 unspecified atom stereocenters. The van der Waals surface area contributed by atoms with Crippen LogP contribution in [-0.4, -0.2) is 41.2 Å². The van der Waals surface area contributed by atoms with Gasteiger partial charge in [0.1, 0.15) is 6.04 Å². The van der Waals surface area contributed by atoms with Gasteiger partial charge in [-0.2, -0.15) is 0 Å². The Bertz CT molecular complexity index is 1640. The molecule has 1 N–H and O–H groups in total. The van der Waals surface area contributed by atoms with Crippen LogP contribution in [0.5, 0.6) is 0 Å². The summed E-state index contributed by atoms with van der Waals surface area (Å²) >= 11 is 3.39.